The van der Waals surface area contributed by atoms with Gasteiger partial charge in [0, 0.05) is 11.9 Å². The zero-order chi connectivity index (χ0) is 18.2. The summed E-state index contributed by atoms with van der Waals surface area (Å²) >= 11 is 0. The van der Waals surface area contributed by atoms with E-state index in [1.807, 2.05) is 37.3 Å². The van der Waals surface area contributed by atoms with Crippen LogP contribution < -0.4 is 5.32 Å². The van der Waals surface area contributed by atoms with Gasteiger partial charge in [0.25, 0.3) is 11.8 Å². The highest BCUT2D eigenvalue weighted by Crippen LogP contribution is 2.32. The van der Waals surface area contributed by atoms with Gasteiger partial charge in [0.05, 0.1) is 6.42 Å². The first-order valence-corrected chi connectivity index (χ1v) is 8.49. The van der Waals surface area contributed by atoms with Crippen molar-refractivity contribution in [3.05, 3.63) is 53.8 Å². The molecule has 0 aliphatic carbocycles. The average molecular weight is 337 g/mol. The van der Waals surface area contributed by atoms with E-state index in [9.17, 15) is 9.59 Å². The number of nitrogens with zero attached hydrogens (tertiary/aromatic N) is 2. The Balaban J connectivity index is 1.96. The van der Waals surface area contributed by atoms with Crippen LogP contribution >= 0.6 is 0 Å². The molecule has 1 N–H and O–H groups in total. The quantitative estimate of drug-likeness (QED) is 0.918. The Kier molecular flexibility index (Phi) is 4.33. The third-order valence-corrected chi connectivity index (χ3v) is 4.76. The Bertz CT molecular complexity index is 820. The van der Waals surface area contributed by atoms with E-state index in [2.05, 4.69) is 24.2 Å². The number of aryl methyl sites for hydroxylation is 1. The van der Waals surface area contributed by atoms with Crippen LogP contribution in [0.2, 0.25) is 0 Å². The Labute approximate surface area is 148 Å². The summed E-state index contributed by atoms with van der Waals surface area (Å²) < 4.78 is 0. The van der Waals surface area contributed by atoms with Crippen molar-refractivity contribution in [2.75, 3.05) is 5.32 Å². The minimum absolute atomic E-state index is 0.0450. The van der Waals surface area contributed by atoms with Crippen molar-refractivity contribution in [1.29, 1.82) is 0 Å². The molecule has 130 valence electrons. The molecule has 0 bridgehead atoms. The Hall–Kier alpha value is -2.69. The molecule has 3 rings (SSSR count). The van der Waals surface area contributed by atoms with Crippen molar-refractivity contribution in [3.8, 4) is 0 Å². The molecule has 5 nitrogen and oxygen atoms in total. The van der Waals surface area contributed by atoms with Gasteiger partial charge in [0.1, 0.15) is 11.4 Å². The lowest BCUT2D eigenvalue weighted by atomic mass is 9.90. The number of carbonyl (C=O) groups excluding carboxylic acids is 2. The lowest BCUT2D eigenvalue weighted by Crippen LogP contribution is -2.58. The van der Waals surface area contributed by atoms with Gasteiger partial charge in [-0.05, 0) is 43.0 Å². The molecule has 2 amide bonds. The van der Waals surface area contributed by atoms with Crippen molar-refractivity contribution in [2.24, 2.45) is 4.99 Å². The molecule has 1 aromatic carbocycles. The normalized spacial score (nSPS) is 22.0. The molecule has 1 aromatic rings. The third-order valence-electron chi connectivity index (χ3n) is 4.76. The number of benzene rings is 1. The molecule has 0 spiro atoms. The van der Waals surface area contributed by atoms with Gasteiger partial charge in [0.15, 0.2) is 0 Å². The van der Waals surface area contributed by atoms with E-state index in [0.717, 1.165) is 16.8 Å². The maximum absolute atomic E-state index is 13.2. The summed E-state index contributed by atoms with van der Waals surface area (Å²) in [5, 5.41) is 3.08. The number of aliphatic imine (C=N–C) groups is 1. The monoisotopic (exact) mass is 337 g/mol. The van der Waals surface area contributed by atoms with Crippen molar-refractivity contribution in [1.82, 2.24) is 4.90 Å². The molecular weight excluding hydrogens is 314 g/mol. The van der Waals surface area contributed by atoms with Gasteiger partial charge in [-0.2, -0.15) is 4.99 Å². The van der Waals surface area contributed by atoms with E-state index < -0.39 is 5.54 Å². The van der Waals surface area contributed by atoms with Crippen LogP contribution in [-0.2, 0) is 9.59 Å². The van der Waals surface area contributed by atoms with Crippen molar-refractivity contribution < 1.29 is 9.59 Å². The molecule has 2 aliphatic heterocycles. The zero-order valence-corrected chi connectivity index (χ0v) is 15.0. The van der Waals surface area contributed by atoms with E-state index in [1.165, 1.54) is 0 Å². The van der Waals surface area contributed by atoms with E-state index in [1.54, 1.807) is 24.1 Å². The summed E-state index contributed by atoms with van der Waals surface area (Å²) in [5.74, 6) is 0.304. The summed E-state index contributed by atoms with van der Waals surface area (Å²) in [5.41, 5.74) is 1.92. The zero-order valence-electron chi connectivity index (χ0n) is 15.0. The highest BCUT2D eigenvalue weighted by Gasteiger charge is 2.45. The maximum Gasteiger partial charge on any atom is 0.250 e. The molecule has 0 radical (unpaired) electrons. The SMILES string of the molecule is Cc1cccc(C(C)C)c1NC(=O)C1(C)CC(=O)N=C2C=CC=CN21. The van der Waals surface area contributed by atoms with Gasteiger partial charge in [-0.1, -0.05) is 38.1 Å². The van der Waals surface area contributed by atoms with Crippen molar-refractivity contribution >= 4 is 23.3 Å². The fourth-order valence-corrected chi connectivity index (χ4v) is 3.27. The second-order valence-electron chi connectivity index (χ2n) is 7.03. The lowest BCUT2D eigenvalue weighted by molar-refractivity contribution is -0.130. The summed E-state index contributed by atoms with van der Waals surface area (Å²) in [6.45, 7) is 7.95. The third kappa shape index (κ3) is 3.02. The van der Waals surface area contributed by atoms with Crippen molar-refractivity contribution in [3.63, 3.8) is 0 Å². The number of allylic oxidation sites excluding steroid dienone is 2. The molecule has 25 heavy (non-hydrogen) atoms. The summed E-state index contributed by atoms with van der Waals surface area (Å²) in [6, 6.07) is 6.00. The molecule has 0 fully saturated rings. The fraction of sp³-hybridized carbons (Fsp3) is 0.350. The highest BCUT2D eigenvalue weighted by molar-refractivity contribution is 6.12. The molecule has 2 aliphatic rings. The summed E-state index contributed by atoms with van der Waals surface area (Å²) in [7, 11) is 0. The van der Waals surface area contributed by atoms with Crippen LogP contribution in [0.1, 0.15) is 44.2 Å². The molecule has 0 saturated heterocycles. The molecule has 0 aromatic heterocycles. The van der Waals surface area contributed by atoms with Crippen LogP contribution in [0.25, 0.3) is 0 Å². The highest BCUT2D eigenvalue weighted by atomic mass is 16.2. The van der Waals surface area contributed by atoms with Gasteiger partial charge >= 0.3 is 0 Å². The minimum atomic E-state index is -1.01. The number of amides is 2. The maximum atomic E-state index is 13.2. The standard InChI is InChI=1S/C20H23N3O2/c1-13(2)15-9-7-8-14(3)18(15)22-19(25)20(4)12-17(24)21-16-10-5-6-11-23(16)20/h5-11,13H,12H2,1-4H3,(H,22,25). The van der Waals surface area contributed by atoms with Crippen LogP contribution in [0, 0.1) is 6.92 Å². The van der Waals surface area contributed by atoms with Gasteiger partial charge in [-0.15, -0.1) is 0 Å². The minimum Gasteiger partial charge on any atom is -0.324 e. The van der Waals surface area contributed by atoms with E-state index in [0.29, 0.717) is 5.84 Å². The van der Waals surface area contributed by atoms with Gasteiger partial charge < -0.3 is 10.2 Å². The Morgan fingerprint density at radius 2 is 2.08 bits per heavy atom. The first-order chi connectivity index (χ1) is 11.8. The number of carbonyl (C=O) groups is 2. The van der Waals surface area contributed by atoms with Crippen LogP contribution in [0.3, 0.4) is 0 Å². The number of para-hydroxylation sites is 1. The average Bonchev–Trinajstić information content (AvgIpc) is 2.56. The first-order valence-electron chi connectivity index (χ1n) is 8.49. The molecule has 5 heteroatoms. The molecule has 1 atom stereocenters. The predicted octanol–water partition coefficient (Wildman–Crippen LogP) is 3.53. The lowest BCUT2D eigenvalue weighted by Gasteiger charge is -2.41. The van der Waals surface area contributed by atoms with E-state index in [4.69, 9.17) is 0 Å². The van der Waals surface area contributed by atoms with Crippen LogP contribution in [0.5, 0.6) is 0 Å². The van der Waals surface area contributed by atoms with Gasteiger partial charge in [0.2, 0.25) is 0 Å². The number of fused-ring (bicyclic) bond motifs is 1. The number of nitrogens with one attached hydrogen (secondary N) is 1. The van der Waals surface area contributed by atoms with Crippen LogP contribution in [0.15, 0.2) is 47.6 Å². The molecule has 2 heterocycles. The number of hydrogen-bond acceptors (Lipinski definition) is 3. The second-order valence-corrected chi connectivity index (χ2v) is 7.03. The number of anilines is 1. The largest absolute Gasteiger partial charge is 0.324 e. The van der Waals surface area contributed by atoms with Crippen LogP contribution in [0.4, 0.5) is 5.69 Å². The van der Waals surface area contributed by atoms with Gasteiger partial charge in [-0.25, -0.2) is 0 Å². The smallest absolute Gasteiger partial charge is 0.250 e. The predicted molar refractivity (Wildman–Crippen MR) is 99.5 cm³/mol. The second kappa shape index (κ2) is 6.31. The molecule has 1 unspecified atom stereocenters. The van der Waals surface area contributed by atoms with E-state index in [-0.39, 0.29) is 24.2 Å². The van der Waals surface area contributed by atoms with Crippen LogP contribution in [-0.4, -0.2) is 28.1 Å². The Morgan fingerprint density at radius 3 is 2.80 bits per heavy atom. The first kappa shape index (κ1) is 17.1. The summed E-state index contributed by atoms with van der Waals surface area (Å²) in [4.78, 5) is 31.1. The fourth-order valence-electron chi connectivity index (χ4n) is 3.27. The molecule has 0 saturated carbocycles. The summed E-state index contributed by atoms with van der Waals surface area (Å²) in [6.07, 6.45) is 7.24. The van der Waals surface area contributed by atoms with Gasteiger partial charge in [-0.3, -0.25) is 9.59 Å². The topological polar surface area (TPSA) is 61.8 Å². The number of hydrogen-bond donors (Lipinski definition) is 1. The number of rotatable bonds is 3. The molecular formula is C20H23N3O2. The van der Waals surface area contributed by atoms with Crippen molar-refractivity contribution in [2.45, 2.75) is 45.6 Å². The Morgan fingerprint density at radius 1 is 1.32 bits per heavy atom. The number of amidine groups is 1. The van der Waals surface area contributed by atoms with E-state index >= 15 is 0 Å².